The predicted molar refractivity (Wildman–Crippen MR) is 145 cm³/mol. The fourth-order valence-corrected chi connectivity index (χ4v) is 5.86. The molecule has 10 heteroatoms. The van der Waals surface area contributed by atoms with Gasteiger partial charge < -0.3 is 25.0 Å². The number of amides is 3. The van der Waals surface area contributed by atoms with E-state index < -0.39 is 18.2 Å². The summed E-state index contributed by atoms with van der Waals surface area (Å²) in [6.07, 6.45) is 1.29. The van der Waals surface area contributed by atoms with E-state index in [-0.39, 0.29) is 56.8 Å². The topological polar surface area (TPSA) is 112 Å². The zero-order chi connectivity index (χ0) is 27.4. The number of aromatic nitrogens is 1. The Morgan fingerprint density at radius 3 is 2.68 bits per heavy atom. The second kappa shape index (κ2) is 12.0. The van der Waals surface area contributed by atoms with Gasteiger partial charge in [-0.1, -0.05) is 36.9 Å². The van der Waals surface area contributed by atoms with Crippen LogP contribution in [0.3, 0.4) is 0 Å². The molecule has 1 aromatic heterocycles. The molecular weight excluding hydrogens is 504 g/mol. The molecule has 2 aliphatic heterocycles. The quantitative estimate of drug-likeness (QED) is 0.475. The van der Waals surface area contributed by atoms with Gasteiger partial charge in [0.05, 0.1) is 22.2 Å². The highest BCUT2D eigenvalue weighted by Crippen LogP contribution is 2.29. The number of benzene rings is 1. The van der Waals surface area contributed by atoms with E-state index in [2.05, 4.69) is 16.9 Å². The number of aliphatic hydroxyl groups excluding tert-OH is 1. The van der Waals surface area contributed by atoms with Crippen molar-refractivity contribution in [3.8, 4) is 10.4 Å². The summed E-state index contributed by atoms with van der Waals surface area (Å²) in [4.78, 5) is 48.2. The Labute approximate surface area is 226 Å². The molecule has 2 N–H and O–H groups in total. The zero-order valence-electron chi connectivity index (χ0n) is 22.0. The van der Waals surface area contributed by atoms with Gasteiger partial charge in [-0.15, -0.1) is 11.3 Å². The Bertz CT molecular complexity index is 1240. The lowest BCUT2D eigenvalue weighted by Gasteiger charge is -2.32. The SMILES string of the molecule is C=C1CN([C@@H](CCOC)C(=O)N2C[C@H](O)C[C@H]2C(=O)NCc2ccc(-c3scnc3C)cc2)C(=O)/C1=C/C. The summed E-state index contributed by atoms with van der Waals surface area (Å²) in [5.74, 6) is -0.972. The number of nitrogens with zero attached hydrogens (tertiary/aromatic N) is 3. The number of ether oxygens (including phenoxy) is 1. The van der Waals surface area contributed by atoms with E-state index in [1.54, 1.807) is 24.3 Å². The van der Waals surface area contributed by atoms with Crippen LogP contribution in [0.25, 0.3) is 10.4 Å². The normalized spacial score (nSPS) is 21.4. The number of hydrogen-bond acceptors (Lipinski definition) is 7. The van der Waals surface area contributed by atoms with Crippen molar-refractivity contribution in [3.05, 3.63) is 64.8 Å². The monoisotopic (exact) mass is 538 g/mol. The van der Waals surface area contributed by atoms with Gasteiger partial charge in [-0.05, 0) is 30.5 Å². The molecule has 0 bridgehead atoms. The summed E-state index contributed by atoms with van der Waals surface area (Å²) in [5, 5.41) is 13.3. The van der Waals surface area contributed by atoms with Gasteiger partial charge in [-0.3, -0.25) is 14.4 Å². The van der Waals surface area contributed by atoms with Crippen LogP contribution < -0.4 is 5.32 Å². The first-order valence-electron chi connectivity index (χ1n) is 12.6. The minimum Gasteiger partial charge on any atom is -0.391 e. The fourth-order valence-electron chi connectivity index (χ4n) is 5.05. The van der Waals surface area contributed by atoms with Crippen molar-refractivity contribution in [2.24, 2.45) is 0 Å². The third kappa shape index (κ3) is 5.72. The van der Waals surface area contributed by atoms with Crippen LogP contribution in [0.4, 0.5) is 0 Å². The molecule has 38 heavy (non-hydrogen) atoms. The Kier molecular flexibility index (Phi) is 8.76. The van der Waals surface area contributed by atoms with Gasteiger partial charge in [0.2, 0.25) is 11.8 Å². The van der Waals surface area contributed by atoms with Crippen LogP contribution >= 0.6 is 11.3 Å². The van der Waals surface area contributed by atoms with Crippen LogP contribution in [0, 0.1) is 6.92 Å². The average Bonchev–Trinajstić information content (AvgIpc) is 3.59. The van der Waals surface area contributed by atoms with E-state index >= 15 is 0 Å². The molecule has 0 saturated carbocycles. The average molecular weight is 539 g/mol. The maximum Gasteiger partial charge on any atom is 0.254 e. The van der Waals surface area contributed by atoms with Crippen LogP contribution in [0.1, 0.15) is 31.0 Å². The molecule has 4 rings (SSSR count). The third-order valence-corrected chi connectivity index (χ3v) is 8.05. The highest BCUT2D eigenvalue weighted by atomic mass is 32.1. The number of rotatable bonds is 9. The number of methoxy groups -OCH3 is 1. The number of thiazole rings is 1. The molecular formula is C28H34N4O5S. The van der Waals surface area contributed by atoms with Crippen molar-refractivity contribution < 1.29 is 24.2 Å². The van der Waals surface area contributed by atoms with Crippen LogP contribution in [-0.4, -0.2) is 82.6 Å². The molecule has 2 fully saturated rings. The lowest BCUT2D eigenvalue weighted by Crippen LogP contribution is -2.54. The minimum atomic E-state index is -0.830. The van der Waals surface area contributed by atoms with Crippen LogP contribution in [0.5, 0.6) is 0 Å². The molecule has 3 heterocycles. The van der Waals surface area contributed by atoms with E-state index in [0.29, 0.717) is 11.1 Å². The van der Waals surface area contributed by atoms with E-state index in [1.807, 2.05) is 36.7 Å². The largest absolute Gasteiger partial charge is 0.391 e. The van der Waals surface area contributed by atoms with Gasteiger partial charge in [0.25, 0.3) is 5.91 Å². The number of aliphatic hydroxyl groups is 1. The molecule has 0 radical (unpaired) electrons. The van der Waals surface area contributed by atoms with E-state index in [0.717, 1.165) is 21.7 Å². The van der Waals surface area contributed by atoms with Crippen LogP contribution in [0.15, 0.2) is 53.6 Å². The van der Waals surface area contributed by atoms with Gasteiger partial charge in [-0.2, -0.15) is 0 Å². The highest BCUT2D eigenvalue weighted by Gasteiger charge is 2.45. The summed E-state index contributed by atoms with van der Waals surface area (Å²) in [7, 11) is 1.53. The number of allylic oxidation sites excluding steroid dienone is 1. The molecule has 3 atom stereocenters. The number of nitrogens with one attached hydrogen (secondary N) is 1. The summed E-state index contributed by atoms with van der Waals surface area (Å²) in [5.41, 5.74) is 5.92. The molecule has 2 aromatic rings. The zero-order valence-corrected chi connectivity index (χ0v) is 22.8. The highest BCUT2D eigenvalue weighted by molar-refractivity contribution is 7.13. The fraction of sp³-hybridized carbons (Fsp3) is 0.429. The van der Waals surface area contributed by atoms with Crippen LogP contribution in [-0.2, 0) is 25.7 Å². The Morgan fingerprint density at radius 2 is 2.08 bits per heavy atom. The summed E-state index contributed by atoms with van der Waals surface area (Å²) in [6, 6.07) is 6.25. The predicted octanol–water partition coefficient (Wildman–Crippen LogP) is 2.45. The van der Waals surface area contributed by atoms with E-state index in [4.69, 9.17) is 4.74 Å². The number of aryl methyl sites for hydroxylation is 1. The van der Waals surface area contributed by atoms with Gasteiger partial charge >= 0.3 is 0 Å². The maximum absolute atomic E-state index is 13.7. The first-order chi connectivity index (χ1) is 18.2. The van der Waals surface area contributed by atoms with Crippen LogP contribution in [0.2, 0.25) is 0 Å². The maximum atomic E-state index is 13.7. The van der Waals surface area contributed by atoms with Gasteiger partial charge in [0, 0.05) is 51.8 Å². The van der Waals surface area contributed by atoms with Gasteiger partial charge in [-0.25, -0.2) is 4.98 Å². The second-order valence-corrected chi connectivity index (χ2v) is 10.5. The standard InChI is InChI=1S/C28H34N4O5S/c1-5-22-17(2)14-31(27(22)35)23(10-11-37-4)28(36)32-15-21(33)12-24(32)26(34)29-13-19-6-8-20(9-7-19)25-18(3)30-16-38-25/h5-9,16,21,23-24,33H,2,10-15H2,1,3-4H3,(H,29,34)/b22-5+/t21-,23+,24+/m1/s1. The molecule has 2 saturated heterocycles. The molecule has 0 spiro atoms. The Balaban J connectivity index is 1.45. The Morgan fingerprint density at radius 1 is 1.34 bits per heavy atom. The molecule has 202 valence electrons. The van der Waals surface area contributed by atoms with Crippen molar-refractivity contribution in [2.45, 2.75) is 51.4 Å². The molecule has 3 amide bonds. The van der Waals surface area contributed by atoms with E-state index in [9.17, 15) is 19.5 Å². The van der Waals surface area contributed by atoms with Crippen molar-refractivity contribution >= 4 is 29.1 Å². The molecule has 2 aliphatic rings. The molecule has 0 aliphatic carbocycles. The van der Waals surface area contributed by atoms with Crippen molar-refractivity contribution in [1.82, 2.24) is 20.1 Å². The number of carbonyl (C=O) groups excluding carboxylic acids is 3. The summed E-state index contributed by atoms with van der Waals surface area (Å²) < 4.78 is 5.20. The minimum absolute atomic E-state index is 0.0305. The van der Waals surface area contributed by atoms with Crippen molar-refractivity contribution in [2.75, 3.05) is 26.8 Å². The van der Waals surface area contributed by atoms with Crippen molar-refractivity contribution in [3.63, 3.8) is 0 Å². The van der Waals surface area contributed by atoms with Gasteiger partial charge in [0.15, 0.2) is 0 Å². The van der Waals surface area contributed by atoms with Gasteiger partial charge in [0.1, 0.15) is 12.1 Å². The number of likely N-dealkylation sites (tertiary alicyclic amines) is 2. The summed E-state index contributed by atoms with van der Waals surface area (Å²) in [6.45, 7) is 8.52. The molecule has 1 aromatic carbocycles. The molecule has 0 unspecified atom stereocenters. The Hall–Kier alpha value is -3.34. The third-order valence-electron chi connectivity index (χ3n) is 7.07. The lowest BCUT2D eigenvalue weighted by molar-refractivity contribution is -0.146. The number of hydrogen-bond donors (Lipinski definition) is 2. The second-order valence-electron chi connectivity index (χ2n) is 9.61. The number of carbonyl (C=O) groups is 3. The van der Waals surface area contributed by atoms with E-state index in [1.165, 1.54) is 16.9 Å². The first-order valence-corrected chi connectivity index (χ1v) is 13.5. The molecule has 9 nitrogen and oxygen atoms in total. The summed E-state index contributed by atoms with van der Waals surface area (Å²) >= 11 is 1.58. The first kappa shape index (κ1) is 27.7. The number of β-amino-alcohol motifs (C(OH)–C–C–N with tert-alkyl or cyclic N) is 1. The lowest BCUT2D eigenvalue weighted by atomic mass is 10.1. The van der Waals surface area contributed by atoms with Crippen molar-refractivity contribution in [1.29, 1.82) is 0 Å². The smallest absolute Gasteiger partial charge is 0.254 e.